The Morgan fingerprint density at radius 3 is 2.11 bits per heavy atom. The first-order chi connectivity index (χ1) is 21.1. The second-order valence-corrected chi connectivity index (χ2v) is 10.7. The molecule has 4 bridgehead atoms. The standard InChI is InChI=1S/C30H43N7O7/c1-32-9-3-4-22-29(43)37-24(28(42)35-11-10-34-27(41)21(31)16-38)15-20-13-18(6-8-26(20)40)17-5-7-25(39)19(12-17)14-23(33-2)30(44)36-22/h5-8,12-13,21-24,32-33,38-40H,3-4,9-11,14-16,31H2,1-2H3,(H,34,41)(H,35,42)(H,36,44)(H,37,43)/t21-,22-,23-,24-/m0/s1. The number of carbonyl (C=O) groups is 4. The zero-order chi connectivity index (χ0) is 32.2. The fourth-order valence-corrected chi connectivity index (χ4v) is 4.84. The average molecular weight is 614 g/mol. The van der Waals surface area contributed by atoms with Gasteiger partial charge < -0.3 is 53.0 Å². The predicted octanol–water partition coefficient (Wildman–Crippen LogP) is -2.03. The second kappa shape index (κ2) is 16.6. The number of rotatable bonds is 11. The van der Waals surface area contributed by atoms with Crippen LogP contribution in [0.25, 0.3) is 11.1 Å². The highest BCUT2D eigenvalue weighted by Gasteiger charge is 2.30. The van der Waals surface area contributed by atoms with Crippen molar-refractivity contribution in [2.45, 2.75) is 49.9 Å². The van der Waals surface area contributed by atoms with E-state index in [9.17, 15) is 29.4 Å². The van der Waals surface area contributed by atoms with Crippen molar-refractivity contribution in [2.24, 2.45) is 5.73 Å². The van der Waals surface area contributed by atoms with Crippen LogP contribution in [-0.4, -0.2) is 103 Å². The lowest BCUT2D eigenvalue weighted by Crippen LogP contribution is -2.57. The van der Waals surface area contributed by atoms with Crippen molar-refractivity contribution in [1.82, 2.24) is 31.9 Å². The van der Waals surface area contributed by atoms with Gasteiger partial charge in [-0.25, -0.2) is 0 Å². The molecule has 0 saturated carbocycles. The number of aromatic hydroxyl groups is 2. The monoisotopic (exact) mass is 613 g/mol. The van der Waals surface area contributed by atoms with E-state index in [1.165, 1.54) is 12.1 Å². The lowest BCUT2D eigenvalue weighted by atomic mass is 9.95. The van der Waals surface area contributed by atoms with E-state index in [0.717, 1.165) is 5.56 Å². The van der Waals surface area contributed by atoms with Gasteiger partial charge >= 0.3 is 0 Å². The number of aliphatic hydroxyl groups is 1. The molecule has 0 aliphatic carbocycles. The molecule has 3 rings (SSSR count). The number of nitrogens with two attached hydrogens (primary N) is 1. The third kappa shape index (κ3) is 9.38. The van der Waals surface area contributed by atoms with Gasteiger partial charge in [-0.2, -0.15) is 0 Å². The first-order valence-corrected chi connectivity index (χ1v) is 14.6. The molecule has 1 aliphatic rings. The first-order valence-electron chi connectivity index (χ1n) is 14.6. The quantitative estimate of drug-likeness (QED) is 0.125. The highest BCUT2D eigenvalue weighted by Crippen LogP contribution is 2.31. The number of benzene rings is 2. The molecule has 2 aromatic rings. The molecule has 0 spiro atoms. The topological polar surface area (TPSA) is 227 Å². The summed E-state index contributed by atoms with van der Waals surface area (Å²) in [5.41, 5.74) is 7.80. The summed E-state index contributed by atoms with van der Waals surface area (Å²) in [6.07, 6.45) is 0.891. The SMILES string of the molecule is CNCCC[C@@H]1NC(=O)[C@@H](NC)Cc2cc(ccc2O)-c2ccc(O)c(c2)C[C@@H](C(=O)NCCNC(=O)[C@@H](N)CO)NC1=O. The van der Waals surface area contributed by atoms with Gasteiger partial charge in [0, 0.05) is 25.9 Å². The minimum absolute atomic E-state index is 0.00355. The molecule has 2 aromatic carbocycles. The van der Waals surface area contributed by atoms with Crippen LogP contribution in [0.1, 0.15) is 24.0 Å². The number of aliphatic hydroxyl groups excluding tert-OH is 1. The summed E-state index contributed by atoms with van der Waals surface area (Å²) in [6, 6.07) is 5.91. The summed E-state index contributed by atoms with van der Waals surface area (Å²) < 4.78 is 0. The molecule has 1 aliphatic heterocycles. The molecule has 4 atom stereocenters. The number of nitrogens with one attached hydrogen (secondary N) is 6. The van der Waals surface area contributed by atoms with Crippen molar-refractivity contribution in [3.63, 3.8) is 0 Å². The molecule has 14 nitrogen and oxygen atoms in total. The Labute approximate surface area is 256 Å². The zero-order valence-electron chi connectivity index (χ0n) is 25.0. The summed E-state index contributed by atoms with van der Waals surface area (Å²) in [6.45, 7) is 0.0912. The van der Waals surface area contributed by atoms with E-state index in [1.54, 1.807) is 38.4 Å². The van der Waals surface area contributed by atoms with Gasteiger partial charge in [-0.3, -0.25) is 19.2 Å². The molecular weight excluding hydrogens is 570 g/mol. The van der Waals surface area contributed by atoms with Gasteiger partial charge in [-0.1, -0.05) is 12.1 Å². The maximum Gasteiger partial charge on any atom is 0.243 e. The Morgan fingerprint density at radius 2 is 1.52 bits per heavy atom. The molecule has 0 aromatic heterocycles. The van der Waals surface area contributed by atoms with Crippen LogP contribution in [0.2, 0.25) is 0 Å². The van der Waals surface area contributed by atoms with Crippen molar-refractivity contribution in [3.8, 4) is 22.6 Å². The molecule has 0 saturated heterocycles. The van der Waals surface area contributed by atoms with Gasteiger partial charge in [-0.15, -0.1) is 0 Å². The largest absolute Gasteiger partial charge is 0.508 e. The molecule has 0 radical (unpaired) electrons. The van der Waals surface area contributed by atoms with Gasteiger partial charge in [0.05, 0.1) is 12.6 Å². The fourth-order valence-electron chi connectivity index (χ4n) is 4.84. The predicted molar refractivity (Wildman–Crippen MR) is 164 cm³/mol. The first kappa shape index (κ1) is 34.3. The van der Waals surface area contributed by atoms with E-state index in [-0.39, 0.29) is 43.9 Å². The number of hydrogen-bond acceptors (Lipinski definition) is 10. The highest BCUT2D eigenvalue weighted by molar-refractivity contribution is 5.93. The van der Waals surface area contributed by atoms with Crippen LogP contribution in [0.4, 0.5) is 0 Å². The third-order valence-electron chi connectivity index (χ3n) is 7.45. The van der Waals surface area contributed by atoms with Crippen LogP contribution in [0, 0.1) is 0 Å². The van der Waals surface area contributed by atoms with Crippen LogP contribution in [0.3, 0.4) is 0 Å². The average Bonchev–Trinajstić information content (AvgIpc) is 3.01. The van der Waals surface area contributed by atoms with Gasteiger partial charge in [0.1, 0.15) is 29.6 Å². The highest BCUT2D eigenvalue weighted by atomic mass is 16.3. The van der Waals surface area contributed by atoms with Crippen LogP contribution in [0.5, 0.6) is 11.5 Å². The van der Waals surface area contributed by atoms with E-state index in [0.29, 0.717) is 29.7 Å². The molecule has 4 amide bonds. The smallest absolute Gasteiger partial charge is 0.243 e. The number of likely N-dealkylation sites (N-methyl/N-ethyl adjacent to an activating group) is 1. The Balaban J connectivity index is 1.97. The second-order valence-electron chi connectivity index (χ2n) is 10.7. The zero-order valence-corrected chi connectivity index (χ0v) is 25.0. The Bertz CT molecular complexity index is 1320. The van der Waals surface area contributed by atoms with Crippen molar-refractivity contribution < 1.29 is 34.5 Å². The fraction of sp³-hybridized carbons (Fsp3) is 0.467. The van der Waals surface area contributed by atoms with E-state index in [4.69, 9.17) is 10.8 Å². The van der Waals surface area contributed by atoms with Crippen LogP contribution in [-0.2, 0) is 32.0 Å². The van der Waals surface area contributed by atoms with Crippen molar-refractivity contribution in [2.75, 3.05) is 40.3 Å². The summed E-state index contributed by atoms with van der Waals surface area (Å²) in [5, 5.41) is 47.0. The summed E-state index contributed by atoms with van der Waals surface area (Å²) >= 11 is 0. The molecule has 44 heavy (non-hydrogen) atoms. The number of phenols is 2. The van der Waals surface area contributed by atoms with Gasteiger partial charge in [0.2, 0.25) is 23.6 Å². The number of phenolic OH excluding ortho intramolecular Hbond substituents is 2. The van der Waals surface area contributed by atoms with Crippen molar-refractivity contribution in [1.29, 1.82) is 0 Å². The van der Waals surface area contributed by atoms with Crippen LogP contribution < -0.4 is 37.6 Å². The molecular formula is C30H43N7O7. The number of hydrogen-bond donors (Lipinski definition) is 10. The lowest BCUT2D eigenvalue weighted by Gasteiger charge is -2.25. The van der Waals surface area contributed by atoms with Crippen molar-refractivity contribution in [3.05, 3.63) is 47.5 Å². The maximum absolute atomic E-state index is 13.6. The van der Waals surface area contributed by atoms with E-state index in [2.05, 4.69) is 31.9 Å². The number of carbonyl (C=O) groups excluding carboxylic acids is 4. The molecule has 0 fully saturated rings. The van der Waals surface area contributed by atoms with Crippen LogP contribution >= 0.6 is 0 Å². The van der Waals surface area contributed by atoms with Crippen molar-refractivity contribution >= 4 is 23.6 Å². The van der Waals surface area contributed by atoms with E-state index < -0.39 is 54.4 Å². The maximum atomic E-state index is 13.6. The van der Waals surface area contributed by atoms with Gasteiger partial charge in [-0.05, 0) is 80.0 Å². The Hall–Kier alpha value is -4.24. The molecule has 14 heteroatoms. The summed E-state index contributed by atoms with van der Waals surface area (Å²) in [4.78, 5) is 52.2. The van der Waals surface area contributed by atoms with E-state index >= 15 is 0 Å². The molecule has 1 heterocycles. The molecule has 0 unspecified atom stereocenters. The summed E-state index contributed by atoms with van der Waals surface area (Å²) in [7, 11) is 3.38. The van der Waals surface area contributed by atoms with E-state index in [1.807, 2.05) is 0 Å². The number of amides is 4. The van der Waals surface area contributed by atoms with Gasteiger partial charge in [0.15, 0.2) is 0 Å². The minimum Gasteiger partial charge on any atom is -0.508 e. The lowest BCUT2D eigenvalue weighted by molar-refractivity contribution is -0.132. The minimum atomic E-state index is -1.15. The Morgan fingerprint density at radius 1 is 0.909 bits per heavy atom. The third-order valence-corrected chi connectivity index (χ3v) is 7.45. The molecule has 240 valence electrons. The normalized spacial score (nSPS) is 19.5. The molecule has 11 N–H and O–H groups in total. The van der Waals surface area contributed by atoms with Crippen LogP contribution in [0.15, 0.2) is 36.4 Å². The van der Waals surface area contributed by atoms with Gasteiger partial charge in [0.25, 0.3) is 0 Å². The number of fused-ring (bicyclic) bond motifs is 5. The summed E-state index contributed by atoms with van der Waals surface area (Å²) in [5.74, 6) is -2.26. The Kier molecular flexibility index (Phi) is 12.9.